The fourth-order valence-corrected chi connectivity index (χ4v) is 3.00. The van der Waals surface area contributed by atoms with Crippen molar-refractivity contribution in [1.82, 2.24) is 9.97 Å². The predicted octanol–water partition coefficient (Wildman–Crippen LogP) is 5.77. The van der Waals surface area contributed by atoms with E-state index in [9.17, 15) is 0 Å². The van der Waals surface area contributed by atoms with Crippen molar-refractivity contribution < 1.29 is 0 Å². The minimum Gasteiger partial charge on any atom is -0.372 e. The fourth-order valence-electron chi connectivity index (χ4n) is 2.83. The van der Waals surface area contributed by atoms with Gasteiger partial charge in [-0.2, -0.15) is 4.98 Å². The molecule has 5 nitrogen and oxygen atoms in total. The van der Waals surface area contributed by atoms with Gasteiger partial charge < -0.3 is 15.5 Å². The molecule has 1 heterocycles. The highest BCUT2D eigenvalue weighted by Gasteiger charge is 2.05. The molecule has 0 aliphatic heterocycles. The highest BCUT2D eigenvalue weighted by molar-refractivity contribution is 6.30. The van der Waals surface area contributed by atoms with Gasteiger partial charge in [0, 0.05) is 41.4 Å². The van der Waals surface area contributed by atoms with E-state index >= 15 is 0 Å². The van der Waals surface area contributed by atoms with Crippen LogP contribution in [-0.2, 0) is 0 Å². The molecule has 0 unspecified atom stereocenters. The number of hydrogen-bond acceptors (Lipinski definition) is 5. The van der Waals surface area contributed by atoms with Crippen LogP contribution in [-0.4, -0.2) is 23.1 Å². The molecule has 0 spiro atoms. The molecule has 3 aromatic rings. The molecule has 0 aliphatic carbocycles. The van der Waals surface area contributed by atoms with Gasteiger partial charge in [0.05, 0.1) is 0 Å². The standard InChI is InChI=1S/C21H24ClN5/c1-4-27(5-2)18-10-8-17(9-11-18)24-21-23-13-12-20(26-21)25-19-14-16(22)7-6-15(19)3/h6-14H,4-5H2,1-3H3,(H2,23,24,25,26). The molecule has 3 rings (SSSR count). The SMILES string of the molecule is CCN(CC)c1ccc(Nc2nccc(Nc3cc(Cl)ccc3C)n2)cc1. The highest BCUT2D eigenvalue weighted by atomic mass is 35.5. The molecule has 0 fully saturated rings. The Bertz CT molecular complexity index is 891. The van der Waals surface area contributed by atoms with Gasteiger partial charge >= 0.3 is 0 Å². The maximum absolute atomic E-state index is 6.09. The van der Waals surface area contributed by atoms with E-state index in [2.05, 4.69) is 51.5 Å². The Kier molecular flexibility index (Phi) is 6.14. The van der Waals surface area contributed by atoms with E-state index in [1.165, 1.54) is 5.69 Å². The molecule has 0 atom stereocenters. The van der Waals surface area contributed by atoms with Crippen molar-refractivity contribution in [3.8, 4) is 0 Å². The van der Waals surface area contributed by atoms with Crippen molar-refractivity contribution >= 4 is 40.4 Å². The molecule has 0 bridgehead atoms. The van der Waals surface area contributed by atoms with Crippen LogP contribution in [0.5, 0.6) is 0 Å². The molecule has 0 radical (unpaired) electrons. The molecule has 6 heteroatoms. The van der Waals surface area contributed by atoms with Gasteiger partial charge in [-0.25, -0.2) is 4.98 Å². The first-order valence-corrected chi connectivity index (χ1v) is 9.45. The summed E-state index contributed by atoms with van der Waals surface area (Å²) in [6, 6.07) is 15.8. The lowest BCUT2D eigenvalue weighted by Gasteiger charge is -2.21. The second kappa shape index (κ2) is 8.73. The summed E-state index contributed by atoms with van der Waals surface area (Å²) >= 11 is 6.09. The van der Waals surface area contributed by atoms with E-state index in [0.717, 1.165) is 30.0 Å². The Balaban J connectivity index is 1.73. The Morgan fingerprint density at radius 2 is 1.70 bits per heavy atom. The van der Waals surface area contributed by atoms with E-state index in [-0.39, 0.29) is 0 Å². The molecule has 0 aliphatic rings. The summed E-state index contributed by atoms with van der Waals surface area (Å²) in [5.74, 6) is 1.24. The van der Waals surface area contributed by atoms with Crippen molar-refractivity contribution in [3.05, 3.63) is 65.3 Å². The van der Waals surface area contributed by atoms with Crippen LogP contribution in [0.15, 0.2) is 54.7 Å². The lowest BCUT2D eigenvalue weighted by atomic mass is 10.2. The van der Waals surface area contributed by atoms with Crippen LogP contribution in [0, 0.1) is 6.92 Å². The summed E-state index contributed by atoms with van der Waals surface area (Å²) in [6.45, 7) is 8.32. The Hall–Kier alpha value is -2.79. The minimum absolute atomic E-state index is 0.537. The van der Waals surface area contributed by atoms with E-state index in [0.29, 0.717) is 16.8 Å². The second-order valence-electron chi connectivity index (χ2n) is 6.19. The third kappa shape index (κ3) is 4.89. The molecule has 1 aromatic heterocycles. The summed E-state index contributed by atoms with van der Waals surface area (Å²) in [7, 11) is 0. The van der Waals surface area contributed by atoms with Gasteiger partial charge in [0.25, 0.3) is 0 Å². The van der Waals surface area contributed by atoms with Crippen molar-refractivity contribution in [3.63, 3.8) is 0 Å². The molecule has 140 valence electrons. The van der Waals surface area contributed by atoms with Crippen LogP contribution in [0.3, 0.4) is 0 Å². The summed E-state index contributed by atoms with van der Waals surface area (Å²) in [5.41, 5.74) is 4.18. The zero-order valence-electron chi connectivity index (χ0n) is 15.8. The van der Waals surface area contributed by atoms with E-state index in [4.69, 9.17) is 11.6 Å². The topological polar surface area (TPSA) is 53.1 Å². The number of nitrogens with zero attached hydrogens (tertiary/aromatic N) is 3. The largest absolute Gasteiger partial charge is 0.372 e. The number of aryl methyl sites for hydroxylation is 1. The van der Waals surface area contributed by atoms with Crippen LogP contribution >= 0.6 is 11.6 Å². The van der Waals surface area contributed by atoms with Crippen LogP contribution in [0.1, 0.15) is 19.4 Å². The maximum Gasteiger partial charge on any atom is 0.229 e. The third-order valence-corrected chi connectivity index (χ3v) is 4.61. The maximum atomic E-state index is 6.09. The summed E-state index contributed by atoms with van der Waals surface area (Å²) in [4.78, 5) is 11.1. The Morgan fingerprint density at radius 3 is 2.41 bits per heavy atom. The summed E-state index contributed by atoms with van der Waals surface area (Å²) < 4.78 is 0. The highest BCUT2D eigenvalue weighted by Crippen LogP contribution is 2.24. The molecule has 27 heavy (non-hydrogen) atoms. The van der Waals surface area contributed by atoms with Crippen molar-refractivity contribution in [2.24, 2.45) is 0 Å². The quantitative estimate of drug-likeness (QED) is 0.544. The van der Waals surface area contributed by atoms with Gasteiger partial charge in [0.1, 0.15) is 5.82 Å². The molecular weight excluding hydrogens is 358 g/mol. The summed E-state index contributed by atoms with van der Waals surface area (Å²) in [6.07, 6.45) is 1.72. The average molecular weight is 382 g/mol. The number of aromatic nitrogens is 2. The van der Waals surface area contributed by atoms with E-state index < -0.39 is 0 Å². The molecule has 0 amide bonds. The first kappa shape index (κ1) is 19.0. The van der Waals surface area contributed by atoms with E-state index in [1.54, 1.807) is 6.20 Å². The van der Waals surface area contributed by atoms with Gasteiger partial charge in [-0.15, -0.1) is 0 Å². The normalized spacial score (nSPS) is 10.5. The molecule has 0 saturated heterocycles. The number of benzene rings is 2. The first-order chi connectivity index (χ1) is 13.1. The number of anilines is 5. The lowest BCUT2D eigenvalue weighted by Crippen LogP contribution is -2.21. The zero-order valence-corrected chi connectivity index (χ0v) is 16.6. The average Bonchev–Trinajstić information content (AvgIpc) is 2.67. The minimum atomic E-state index is 0.537. The van der Waals surface area contributed by atoms with Crippen LogP contribution in [0.4, 0.5) is 28.8 Å². The van der Waals surface area contributed by atoms with Gasteiger partial charge in [0.15, 0.2) is 0 Å². The van der Waals surface area contributed by atoms with Crippen LogP contribution in [0.2, 0.25) is 5.02 Å². The van der Waals surface area contributed by atoms with Crippen molar-refractivity contribution in [2.75, 3.05) is 28.6 Å². The molecular formula is C21H24ClN5. The first-order valence-electron chi connectivity index (χ1n) is 9.07. The molecule has 2 aromatic carbocycles. The number of hydrogen-bond donors (Lipinski definition) is 2. The monoisotopic (exact) mass is 381 g/mol. The van der Waals surface area contributed by atoms with Gasteiger partial charge in [-0.1, -0.05) is 17.7 Å². The van der Waals surface area contributed by atoms with Gasteiger partial charge in [-0.3, -0.25) is 0 Å². The molecule has 2 N–H and O–H groups in total. The Morgan fingerprint density at radius 1 is 0.963 bits per heavy atom. The second-order valence-corrected chi connectivity index (χ2v) is 6.63. The number of rotatable bonds is 7. The van der Waals surface area contributed by atoms with Crippen LogP contribution in [0.25, 0.3) is 0 Å². The molecule has 0 saturated carbocycles. The Labute approximate surface area is 165 Å². The van der Waals surface area contributed by atoms with Crippen molar-refractivity contribution in [1.29, 1.82) is 0 Å². The predicted molar refractivity (Wildman–Crippen MR) is 115 cm³/mol. The summed E-state index contributed by atoms with van der Waals surface area (Å²) in [5, 5.41) is 7.23. The zero-order chi connectivity index (χ0) is 19.2. The van der Waals surface area contributed by atoms with Gasteiger partial charge in [-0.05, 0) is 68.8 Å². The van der Waals surface area contributed by atoms with Crippen LogP contribution < -0.4 is 15.5 Å². The lowest BCUT2D eigenvalue weighted by molar-refractivity contribution is 0.866. The van der Waals surface area contributed by atoms with Gasteiger partial charge in [0.2, 0.25) is 5.95 Å². The van der Waals surface area contributed by atoms with E-state index in [1.807, 2.05) is 43.3 Å². The van der Waals surface area contributed by atoms with Crippen molar-refractivity contribution in [2.45, 2.75) is 20.8 Å². The third-order valence-electron chi connectivity index (χ3n) is 4.37. The number of halogens is 1. The fraction of sp³-hybridized carbons (Fsp3) is 0.238. The smallest absolute Gasteiger partial charge is 0.229 e. The number of nitrogens with one attached hydrogen (secondary N) is 2.